The van der Waals surface area contributed by atoms with Gasteiger partial charge >= 0.3 is 5.97 Å². The van der Waals surface area contributed by atoms with Crippen LogP contribution in [0.1, 0.15) is 258 Å². The van der Waals surface area contributed by atoms with E-state index >= 15 is 0 Å². The van der Waals surface area contributed by atoms with Crippen molar-refractivity contribution in [2.45, 2.75) is 307 Å². The molecule has 8 atom stereocenters. The summed E-state index contributed by atoms with van der Waals surface area (Å²) in [4.78, 5) is 26.6. The fraction of sp³-hybridized carbons (Fsp3) is 0.735. The summed E-state index contributed by atoms with van der Waals surface area (Å²) in [6.45, 7) is 5.70. The van der Waals surface area contributed by atoms with Gasteiger partial charge < -0.3 is 45.1 Å². The SMILES string of the molecule is CCCCC/C=C\C/C=C\C/C=C\C/C=C\CCCCC(O)C(=O)NC(COC1OC(CO)C(O)C(O)C1OC(=O)CCCCCCCCCC/C=C\C/C=C\C/C=C\CCCCC)C(O)/C=C/CCCCCCCCCCC. The number of hydrogen-bond donors (Lipinski definition) is 6. The molecule has 8 unspecified atom stereocenters. The molecule has 0 aromatic carbocycles. The van der Waals surface area contributed by atoms with Crippen LogP contribution in [0, 0.1) is 0 Å². The number of amides is 1. The lowest BCUT2D eigenvalue weighted by molar-refractivity contribution is -0.305. The number of nitrogens with one attached hydrogen (secondary N) is 1. The second-order valence-corrected chi connectivity index (χ2v) is 21.8. The molecule has 0 radical (unpaired) electrons. The molecule has 0 bridgehead atoms. The maximum absolute atomic E-state index is 13.4. The van der Waals surface area contributed by atoms with Gasteiger partial charge in [0.15, 0.2) is 12.4 Å². The van der Waals surface area contributed by atoms with Crippen LogP contribution in [0.4, 0.5) is 0 Å². The first-order valence-corrected chi connectivity index (χ1v) is 32.0. The van der Waals surface area contributed by atoms with Gasteiger partial charge in [-0.25, -0.2) is 0 Å². The highest BCUT2D eigenvalue weighted by atomic mass is 16.7. The van der Waals surface area contributed by atoms with Crippen LogP contribution in [0.2, 0.25) is 0 Å². The van der Waals surface area contributed by atoms with Crippen molar-refractivity contribution in [1.82, 2.24) is 5.32 Å². The van der Waals surface area contributed by atoms with Crippen LogP contribution in [0.25, 0.3) is 0 Å². The molecule has 1 aliphatic heterocycles. The van der Waals surface area contributed by atoms with Gasteiger partial charge in [0.2, 0.25) is 5.91 Å². The molecule has 79 heavy (non-hydrogen) atoms. The Morgan fingerprint density at radius 3 is 1.33 bits per heavy atom. The minimum atomic E-state index is -1.63. The number of ether oxygens (including phenoxy) is 3. The van der Waals surface area contributed by atoms with Crippen molar-refractivity contribution >= 4 is 11.9 Å². The first kappa shape index (κ1) is 73.6. The van der Waals surface area contributed by atoms with Crippen molar-refractivity contribution in [3.63, 3.8) is 0 Å². The molecule has 1 amide bonds. The Labute approximate surface area is 482 Å². The van der Waals surface area contributed by atoms with Crippen molar-refractivity contribution in [2.75, 3.05) is 13.2 Å². The normalized spacial score (nSPS) is 19.5. The standard InChI is InChI=1S/C68H117NO10/c1-4-7-10-13-16-19-22-24-26-28-30-31-32-34-36-38-41-44-47-50-53-56-63(73)79-66-65(75)64(74)62(57-70)78-68(66)77-58-59(60(71)54-51-48-45-42-39-21-18-15-12-9-6-3)69-67(76)61(72)55-52-49-46-43-40-37-35-33-29-27-25-23-20-17-14-11-8-5-2/h16-17,19-20,24-27,30-31,33,35,40,43,51,54,59-62,64-66,68,70-72,74-75H,4-15,18,21-23,28-29,32,34,36-39,41-42,44-50,52-53,55-58H2,1-3H3,(H,69,76)/b19-16-,20-17-,26-24-,27-25-,31-30-,35-33-,43-40-,54-51+. The Bertz CT molecular complexity index is 1650. The molecule has 1 saturated heterocycles. The van der Waals surface area contributed by atoms with Crippen LogP contribution in [-0.4, -0.2) is 99.6 Å². The second kappa shape index (κ2) is 55.1. The van der Waals surface area contributed by atoms with E-state index in [1.807, 2.05) is 6.08 Å². The summed E-state index contributed by atoms with van der Waals surface area (Å²) in [5, 5.41) is 57.0. The van der Waals surface area contributed by atoms with Crippen molar-refractivity contribution in [1.29, 1.82) is 0 Å². The minimum Gasteiger partial charge on any atom is -0.454 e. The van der Waals surface area contributed by atoms with E-state index in [-0.39, 0.29) is 19.4 Å². The summed E-state index contributed by atoms with van der Waals surface area (Å²) in [5.41, 5.74) is 0. The fourth-order valence-corrected chi connectivity index (χ4v) is 9.35. The van der Waals surface area contributed by atoms with Gasteiger partial charge in [-0.2, -0.15) is 0 Å². The zero-order valence-electron chi connectivity index (χ0n) is 50.2. The van der Waals surface area contributed by atoms with Crippen molar-refractivity contribution in [3.8, 4) is 0 Å². The van der Waals surface area contributed by atoms with Crippen LogP contribution in [-0.2, 0) is 23.8 Å². The third kappa shape index (κ3) is 43.0. The molecular weight excluding hydrogens is 991 g/mol. The number of aliphatic hydroxyl groups excluding tert-OH is 5. The van der Waals surface area contributed by atoms with Crippen molar-refractivity contribution in [3.05, 3.63) is 97.2 Å². The summed E-state index contributed by atoms with van der Waals surface area (Å²) in [6, 6.07) is -1.05. The van der Waals surface area contributed by atoms with Gasteiger partial charge in [0, 0.05) is 6.42 Å². The first-order valence-electron chi connectivity index (χ1n) is 32.0. The highest BCUT2D eigenvalue weighted by Crippen LogP contribution is 2.26. The van der Waals surface area contributed by atoms with Gasteiger partial charge in [-0.05, 0) is 109 Å². The molecular formula is C68H117NO10. The number of allylic oxidation sites excluding steroid dienone is 15. The molecule has 0 aliphatic carbocycles. The zero-order chi connectivity index (χ0) is 57.5. The Hall–Kier alpha value is -3.42. The molecule has 6 N–H and O–H groups in total. The van der Waals surface area contributed by atoms with Crippen LogP contribution in [0.3, 0.4) is 0 Å². The maximum atomic E-state index is 13.4. The molecule has 0 spiro atoms. The largest absolute Gasteiger partial charge is 0.454 e. The number of hydrogen-bond acceptors (Lipinski definition) is 10. The Balaban J connectivity index is 2.67. The molecule has 1 rings (SSSR count). The third-order valence-corrected chi connectivity index (χ3v) is 14.5. The average molecular weight is 1110 g/mol. The molecule has 0 aromatic heterocycles. The summed E-state index contributed by atoms with van der Waals surface area (Å²) >= 11 is 0. The Morgan fingerprint density at radius 2 is 0.873 bits per heavy atom. The lowest BCUT2D eigenvalue weighted by Gasteiger charge is -2.41. The number of unbranched alkanes of at least 4 members (excludes halogenated alkanes) is 25. The molecule has 0 aromatic rings. The van der Waals surface area contributed by atoms with Gasteiger partial charge in [-0.1, -0.05) is 240 Å². The Morgan fingerprint density at radius 1 is 0.494 bits per heavy atom. The molecule has 1 fully saturated rings. The highest BCUT2D eigenvalue weighted by Gasteiger charge is 2.47. The van der Waals surface area contributed by atoms with E-state index in [9.17, 15) is 35.1 Å². The predicted octanol–water partition coefficient (Wildman–Crippen LogP) is 15.5. The van der Waals surface area contributed by atoms with Crippen LogP contribution in [0.5, 0.6) is 0 Å². The van der Waals surface area contributed by atoms with Crippen LogP contribution >= 0.6 is 0 Å². The van der Waals surface area contributed by atoms with Crippen LogP contribution in [0.15, 0.2) is 97.2 Å². The number of carbonyl (C=O) groups is 2. The molecule has 454 valence electrons. The number of aliphatic hydroxyl groups is 5. The average Bonchev–Trinajstić information content (AvgIpc) is 3.45. The van der Waals surface area contributed by atoms with Gasteiger partial charge in [-0.3, -0.25) is 9.59 Å². The lowest BCUT2D eigenvalue weighted by Crippen LogP contribution is -2.61. The van der Waals surface area contributed by atoms with E-state index in [4.69, 9.17) is 14.2 Å². The molecule has 11 nitrogen and oxygen atoms in total. The molecule has 1 aliphatic rings. The zero-order valence-corrected chi connectivity index (χ0v) is 50.2. The molecule has 1 heterocycles. The number of rotatable bonds is 53. The van der Waals surface area contributed by atoms with Crippen LogP contribution < -0.4 is 5.32 Å². The Kier molecular flexibility index (Phi) is 51.4. The second-order valence-electron chi connectivity index (χ2n) is 21.8. The smallest absolute Gasteiger partial charge is 0.306 e. The van der Waals surface area contributed by atoms with E-state index in [1.54, 1.807) is 6.08 Å². The van der Waals surface area contributed by atoms with Gasteiger partial charge in [0.1, 0.15) is 24.4 Å². The van der Waals surface area contributed by atoms with E-state index in [1.165, 1.54) is 103 Å². The monoisotopic (exact) mass is 1110 g/mol. The highest BCUT2D eigenvalue weighted by molar-refractivity contribution is 5.80. The number of carbonyl (C=O) groups excluding carboxylic acids is 2. The molecule has 11 heteroatoms. The van der Waals surface area contributed by atoms with Gasteiger partial charge in [-0.15, -0.1) is 0 Å². The van der Waals surface area contributed by atoms with E-state index < -0.39 is 67.4 Å². The van der Waals surface area contributed by atoms with E-state index in [2.05, 4.69) is 111 Å². The predicted molar refractivity (Wildman–Crippen MR) is 329 cm³/mol. The topological polar surface area (TPSA) is 175 Å². The van der Waals surface area contributed by atoms with E-state index in [0.29, 0.717) is 12.8 Å². The third-order valence-electron chi connectivity index (χ3n) is 14.5. The minimum absolute atomic E-state index is 0.106. The van der Waals surface area contributed by atoms with Crippen molar-refractivity contribution < 1.29 is 49.3 Å². The van der Waals surface area contributed by atoms with Crippen molar-refractivity contribution in [2.24, 2.45) is 0 Å². The summed E-state index contributed by atoms with van der Waals surface area (Å²) in [5.74, 6) is -1.24. The number of esters is 1. The quantitative estimate of drug-likeness (QED) is 0.0195. The maximum Gasteiger partial charge on any atom is 0.306 e. The lowest BCUT2D eigenvalue weighted by atomic mass is 9.99. The summed E-state index contributed by atoms with van der Waals surface area (Å²) < 4.78 is 17.6. The van der Waals surface area contributed by atoms with Gasteiger partial charge in [0.25, 0.3) is 0 Å². The van der Waals surface area contributed by atoms with Gasteiger partial charge in [0.05, 0.1) is 25.4 Å². The first-order chi connectivity index (χ1) is 38.7. The fourth-order valence-electron chi connectivity index (χ4n) is 9.35. The van der Waals surface area contributed by atoms with E-state index in [0.717, 1.165) is 109 Å². The summed E-state index contributed by atoms with van der Waals surface area (Å²) in [7, 11) is 0. The molecule has 0 saturated carbocycles. The summed E-state index contributed by atoms with van der Waals surface area (Å²) in [6.07, 6.45) is 63.0.